The summed E-state index contributed by atoms with van der Waals surface area (Å²) in [6, 6.07) is 0. The highest BCUT2D eigenvalue weighted by Crippen LogP contribution is 2.06. The second kappa shape index (κ2) is 1.94. The molecular formula is C7H13N2+. The maximum absolute atomic E-state index is 4.01. The first-order valence-corrected chi connectivity index (χ1v) is 3.22. The van der Waals surface area contributed by atoms with Crippen molar-refractivity contribution in [3.05, 3.63) is 0 Å². The molecule has 0 saturated heterocycles. The van der Waals surface area contributed by atoms with Crippen LogP contribution in [-0.2, 0) is 0 Å². The first-order chi connectivity index (χ1) is 4.11. The van der Waals surface area contributed by atoms with Gasteiger partial charge in [0.05, 0.1) is 5.54 Å². The van der Waals surface area contributed by atoms with Gasteiger partial charge in [0, 0.05) is 0 Å². The molecule has 1 aliphatic rings. The van der Waals surface area contributed by atoms with Crippen molar-refractivity contribution in [2.45, 2.75) is 26.3 Å². The zero-order valence-electron chi connectivity index (χ0n) is 6.26. The van der Waals surface area contributed by atoms with Gasteiger partial charge >= 0.3 is 0 Å². The van der Waals surface area contributed by atoms with Gasteiger partial charge in [-0.1, -0.05) is 4.99 Å². The van der Waals surface area contributed by atoms with Crippen molar-refractivity contribution in [3.63, 3.8) is 0 Å². The van der Waals surface area contributed by atoms with Crippen molar-refractivity contribution in [2.24, 2.45) is 4.99 Å². The topological polar surface area (TPSA) is 15.4 Å². The molecule has 0 aliphatic carbocycles. The first-order valence-electron chi connectivity index (χ1n) is 3.22. The summed E-state index contributed by atoms with van der Waals surface area (Å²) in [5, 5.41) is 0. The molecule has 9 heavy (non-hydrogen) atoms. The van der Waals surface area contributed by atoms with Crippen molar-refractivity contribution < 1.29 is 4.58 Å². The van der Waals surface area contributed by atoms with E-state index in [0.717, 1.165) is 6.54 Å². The molecule has 0 aromatic heterocycles. The summed E-state index contributed by atoms with van der Waals surface area (Å²) in [5.74, 6) is 0. The van der Waals surface area contributed by atoms with E-state index in [1.54, 1.807) is 0 Å². The maximum Gasteiger partial charge on any atom is 0.281 e. The van der Waals surface area contributed by atoms with Crippen molar-refractivity contribution in [2.75, 3.05) is 6.54 Å². The number of hydrogen-bond acceptors (Lipinski definition) is 1. The Labute approximate surface area is 55.9 Å². The van der Waals surface area contributed by atoms with Gasteiger partial charge in [0.2, 0.25) is 0 Å². The van der Waals surface area contributed by atoms with E-state index >= 15 is 0 Å². The third kappa shape index (κ3) is 1.37. The first kappa shape index (κ1) is 6.46. The standard InChI is InChI=1S/C7H13N2/c1-7(2,3)9-5-4-8-6-9/h4,6H,5H2,1-3H3/q+1. The molecule has 50 valence electrons. The van der Waals surface area contributed by atoms with Crippen molar-refractivity contribution in [1.29, 1.82) is 0 Å². The van der Waals surface area contributed by atoms with Gasteiger partial charge in [-0.25, -0.2) is 0 Å². The lowest BCUT2D eigenvalue weighted by Crippen LogP contribution is -2.32. The Kier molecular flexibility index (Phi) is 1.39. The summed E-state index contributed by atoms with van der Waals surface area (Å²) in [6.45, 7) is 7.50. The van der Waals surface area contributed by atoms with E-state index in [9.17, 15) is 0 Å². The Hall–Kier alpha value is -0.660. The molecule has 2 nitrogen and oxygen atoms in total. The normalized spacial score (nSPS) is 18.3. The molecule has 0 fully saturated rings. The van der Waals surface area contributed by atoms with Crippen LogP contribution in [0.3, 0.4) is 0 Å². The van der Waals surface area contributed by atoms with E-state index in [0.29, 0.717) is 0 Å². The molecule has 0 saturated carbocycles. The highest BCUT2D eigenvalue weighted by Gasteiger charge is 2.21. The van der Waals surface area contributed by atoms with Crippen LogP contribution in [0.5, 0.6) is 0 Å². The second-order valence-corrected chi connectivity index (χ2v) is 3.27. The summed E-state index contributed by atoms with van der Waals surface area (Å²) in [4.78, 5) is 4.01. The lowest BCUT2D eigenvalue weighted by atomic mass is 10.1. The van der Waals surface area contributed by atoms with Gasteiger partial charge in [-0.3, -0.25) is 4.58 Å². The van der Waals surface area contributed by atoms with Crippen LogP contribution < -0.4 is 0 Å². The zero-order valence-corrected chi connectivity index (χ0v) is 6.26. The average Bonchev–Trinajstić information content (AvgIpc) is 2.08. The van der Waals surface area contributed by atoms with Gasteiger partial charge in [-0.2, -0.15) is 0 Å². The Morgan fingerprint density at radius 2 is 2.11 bits per heavy atom. The van der Waals surface area contributed by atoms with Crippen molar-refractivity contribution >= 4 is 12.6 Å². The predicted octanol–water partition coefficient (Wildman–Crippen LogP) is 0.910. The van der Waals surface area contributed by atoms with Gasteiger partial charge in [0.15, 0.2) is 6.21 Å². The van der Waals surface area contributed by atoms with Crippen LogP contribution in [0.15, 0.2) is 4.99 Å². The summed E-state index contributed by atoms with van der Waals surface area (Å²) in [7, 11) is 0. The Bertz CT molecular complexity index is 160. The van der Waals surface area contributed by atoms with E-state index in [2.05, 4.69) is 30.3 Å². The molecule has 0 aromatic carbocycles. The van der Waals surface area contributed by atoms with Gasteiger partial charge < -0.3 is 0 Å². The molecule has 0 atom stereocenters. The van der Waals surface area contributed by atoms with Gasteiger partial charge in [-0.05, 0) is 20.8 Å². The largest absolute Gasteiger partial charge is 0.281 e. The molecule has 1 aliphatic heterocycles. The number of aliphatic imine (C=N–C) groups is 1. The minimum atomic E-state index is 0.233. The molecular weight excluding hydrogens is 112 g/mol. The molecule has 1 heterocycles. The Morgan fingerprint density at radius 1 is 1.44 bits per heavy atom. The molecule has 0 amide bonds. The minimum absolute atomic E-state index is 0.233. The van der Waals surface area contributed by atoms with Crippen LogP contribution >= 0.6 is 0 Å². The van der Waals surface area contributed by atoms with Crippen LogP contribution in [0, 0.1) is 0 Å². The second-order valence-electron chi connectivity index (χ2n) is 3.27. The number of hydrogen-bond donors (Lipinski definition) is 0. The molecule has 0 radical (unpaired) electrons. The summed E-state index contributed by atoms with van der Waals surface area (Å²) < 4.78 is 2.20. The molecule has 0 unspecified atom stereocenters. The lowest BCUT2D eigenvalue weighted by molar-refractivity contribution is -0.577. The third-order valence-electron chi connectivity index (χ3n) is 1.45. The van der Waals surface area contributed by atoms with E-state index < -0.39 is 0 Å². The zero-order chi connectivity index (χ0) is 6.91. The van der Waals surface area contributed by atoms with Gasteiger partial charge in [0.25, 0.3) is 6.34 Å². The summed E-state index contributed by atoms with van der Waals surface area (Å²) in [6.07, 6.45) is 3.81. The molecule has 0 bridgehead atoms. The minimum Gasteiger partial charge on any atom is -0.253 e. The molecule has 0 aromatic rings. The maximum atomic E-state index is 4.01. The van der Waals surface area contributed by atoms with Crippen molar-refractivity contribution in [3.8, 4) is 0 Å². The molecule has 0 spiro atoms. The van der Waals surface area contributed by atoms with E-state index in [1.165, 1.54) is 0 Å². The number of nitrogens with zero attached hydrogens (tertiary/aromatic N) is 2. The van der Waals surface area contributed by atoms with Gasteiger partial charge in [-0.15, -0.1) is 0 Å². The molecule has 1 rings (SSSR count). The Morgan fingerprint density at radius 3 is 2.33 bits per heavy atom. The highest BCUT2D eigenvalue weighted by atomic mass is 15.1. The SMILES string of the molecule is CC(C)(C)[N+]1=CN=CC1. The predicted molar refractivity (Wildman–Crippen MR) is 39.4 cm³/mol. The summed E-state index contributed by atoms with van der Waals surface area (Å²) in [5.41, 5.74) is 0.233. The van der Waals surface area contributed by atoms with Crippen LogP contribution in [0.1, 0.15) is 20.8 Å². The van der Waals surface area contributed by atoms with Crippen LogP contribution in [0.25, 0.3) is 0 Å². The fourth-order valence-electron chi connectivity index (χ4n) is 0.757. The van der Waals surface area contributed by atoms with Crippen molar-refractivity contribution in [1.82, 2.24) is 0 Å². The van der Waals surface area contributed by atoms with Gasteiger partial charge in [0.1, 0.15) is 6.54 Å². The fraction of sp³-hybridized carbons (Fsp3) is 0.714. The van der Waals surface area contributed by atoms with E-state index in [1.807, 2.05) is 12.6 Å². The lowest BCUT2D eigenvalue weighted by Gasteiger charge is -2.16. The smallest absolute Gasteiger partial charge is 0.253 e. The average molecular weight is 125 g/mol. The number of rotatable bonds is 0. The molecule has 2 heteroatoms. The Balaban J connectivity index is 2.66. The quantitative estimate of drug-likeness (QED) is 0.428. The van der Waals surface area contributed by atoms with E-state index in [-0.39, 0.29) is 5.54 Å². The van der Waals surface area contributed by atoms with Crippen LogP contribution in [0.4, 0.5) is 0 Å². The molecule has 0 N–H and O–H groups in total. The highest BCUT2D eigenvalue weighted by molar-refractivity contribution is 5.74. The summed E-state index contributed by atoms with van der Waals surface area (Å²) >= 11 is 0. The monoisotopic (exact) mass is 125 g/mol. The van der Waals surface area contributed by atoms with Crippen LogP contribution in [0.2, 0.25) is 0 Å². The fourth-order valence-corrected chi connectivity index (χ4v) is 0.757. The van der Waals surface area contributed by atoms with Crippen LogP contribution in [-0.4, -0.2) is 29.2 Å². The third-order valence-corrected chi connectivity index (χ3v) is 1.45. The van der Waals surface area contributed by atoms with E-state index in [4.69, 9.17) is 0 Å².